The summed E-state index contributed by atoms with van der Waals surface area (Å²) in [5.74, 6) is 2.87. The molecule has 45 heavy (non-hydrogen) atoms. The molecule has 2 aromatic rings. The van der Waals surface area contributed by atoms with Crippen LogP contribution in [0.3, 0.4) is 0 Å². The minimum atomic E-state index is -0.227. The Hall–Kier alpha value is -2.97. The van der Waals surface area contributed by atoms with Crippen LogP contribution in [-0.2, 0) is 14.9 Å². The number of benzene rings is 1. The molecule has 2 heterocycles. The topological polar surface area (TPSA) is 87.5 Å². The zero-order valence-electron chi connectivity index (χ0n) is 28.1. The van der Waals surface area contributed by atoms with Gasteiger partial charge in [0.15, 0.2) is 0 Å². The Balaban J connectivity index is 1.31. The Labute approximate surface area is 270 Å². The Bertz CT molecular complexity index is 1300. The summed E-state index contributed by atoms with van der Waals surface area (Å²) < 4.78 is 11.5. The van der Waals surface area contributed by atoms with E-state index in [4.69, 9.17) is 24.7 Å². The summed E-state index contributed by atoms with van der Waals surface area (Å²) in [4.78, 5) is 21.2. The van der Waals surface area contributed by atoms with E-state index in [9.17, 15) is 4.79 Å². The van der Waals surface area contributed by atoms with Gasteiger partial charge in [0.1, 0.15) is 11.6 Å². The third kappa shape index (κ3) is 8.07. The number of methoxy groups -OCH3 is 1. The van der Waals surface area contributed by atoms with Crippen LogP contribution in [-0.4, -0.2) is 72.8 Å². The number of nitrogens with zero attached hydrogens (tertiary/aromatic N) is 4. The number of anilines is 1. The van der Waals surface area contributed by atoms with Gasteiger partial charge in [-0.05, 0) is 132 Å². The molecule has 0 bridgehead atoms. The van der Waals surface area contributed by atoms with Gasteiger partial charge in [-0.25, -0.2) is 4.98 Å². The highest BCUT2D eigenvalue weighted by Gasteiger charge is 2.36. The number of carbonyl (C=O) groups is 1. The maximum absolute atomic E-state index is 14.3. The lowest BCUT2D eigenvalue weighted by atomic mass is 9.78. The van der Waals surface area contributed by atoms with Crippen LogP contribution in [0, 0.1) is 18.8 Å². The van der Waals surface area contributed by atoms with Gasteiger partial charge in [0.25, 0.3) is 0 Å². The van der Waals surface area contributed by atoms with Crippen molar-refractivity contribution in [2.45, 2.75) is 109 Å². The first kappa shape index (κ1) is 33.4. The molecule has 8 nitrogen and oxygen atoms in total. The summed E-state index contributed by atoms with van der Waals surface area (Å²) in [5.41, 5.74) is 3.51. The maximum Gasteiger partial charge on any atom is 0.231 e. The van der Waals surface area contributed by atoms with Gasteiger partial charge in [0.05, 0.1) is 19.8 Å². The summed E-state index contributed by atoms with van der Waals surface area (Å²) in [7, 11) is 1.73. The zero-order chi connectivity index (χ0) is 32.0. The van der Waals surface area contributed by atoms with Crippen LogP contribution in [0.25, 0.3) is 0 Å². The molecule has 2 aliphatic carbocycles. The third-order valence-electron chi connectivity index (χ3n) is 10.4. The van der Waals surface area contributed by atoms with Crippen molar-refractivity contribution in [2.75, 3.05) is 38.3 Å². The number of aryl methyl sites for hydroxylation is 1. The SMILES string of the molecule is COc1ccc(C2CCC(CN(C(=O)C3CCC(OCCCO)CC3)c3cc(C4(C)C=NN(C(C)C)C4)ccn3)CC2)cc1C. The average Bonchev–Trinajstić information content (AvgIpc) is 3.48. The van der Waals surface area contributed by atoms with Gasteiger partial charge in [-0.2, -0.15) is 5.10 Å². The molecule has 1 N–H and O–H groups in total. The first-order valence-corrected chi connectivity index (χ1v) is 17.2. The van der Waals surface area contributed by atoms with E-state index in [0.717, 1.165) is 75.0 Å². The quantitative estimate of drug-likeness (QED) is 0.269. The number of aliphatic hydroxyl groups excluding tert-OH is 1. The smallest absolute Gasteiger partial charge is 0.231 e. The molecular formula is C37H54N4O4. The van der Waals surface area contributed by atoms with E-state index in [-0.39, 0.29) is 30.0 Å². The molecule has 1 aliphatic heterocycles. The van der Waals surface area contributed by atoms with E-state index < -0.39 is 0 Å². The fourth-order valence-corrected chi connectivity index (χ4v) is 7.42. The minimum absolute atomic E-state index is 0.0215. The van der Waals surface area contributed by atoms with Crippen LogP contribution in [0.4, 0.5) is 5.82 Å². The van der Waals surface area contributed by atoms with Gasteiger partial charge < -0.3 is 14.6 Å². The number of rotatable bonds is 12. The van der Waals surface area contributed by atoms with Gasteiger partial charge in [-0.3, -0.25) is 14.7 Å². The largest absolute Gasteiger partial charge is 0.496 e. The number of aromatic nitrogens is 1. The molecule has 0 radical (unpaired) electrons. The molecule has 1 unspecified atom stereocenters. The van der Waals surface area contributed by atoms with Crippen LogP contribution in [0.2, 0.25) is 0 Å². The summed E-state index contributed by atoms with van der Waals surface area (Å²) in [5, 5.41) is 15.9. The van der Waals surface area contributed by atoms with Crippen LogP contribution in [0.1, 0.15) is 101 Å². The van der Waals surface area contributed by atoms with Crippen molar-refractivity contribution in [1.29, 1.82) is 0 Å². The summed E-state index contributed by atoms with van der Waals surface area (Å²) >= 11 is 0. The molecular weight excluding hydrogens is 564 g/mol. The maximum atomic E-state index is 14.3. The molecule has 1 aromatic heterocycles. The van der Waals surface area contributed by atoms with Crippen molar-refractivity contribution in [3.8, 4) is 5.75 Å². The monoisotopic (exact) mass is 618 g/mol. The molecule has 2 fully saturated rings. The first-order chi connectivity index (χ1) is 21.7. The van der Waals surface area contributed by atoms with E-state index >= 15 is 0 Å². The molecule has 3 aliphatic rings. The fourth-order valence-electron chi connectivity index (χ4n) is 7.42. The lowest BCUT2D eigenvalue weighted by molar-refractivity contribution is -0.124. The summed E-state index contributed by atoms with van der Waals surface area (Å²) in [6.07, 6.45) is 12.6. The molecule has 2 saturated carbocycles. The second-order valence-corrected chi connectivity index (χ2v) is 14.1. The molecule has 1 atom stereocenters. The van der Waals surface area contributed by atoms with Gasteiger partial charge in [-0.15, -0.1) is 0 Å². The fraction of sp³-hybridized carbons (Fsp3) is 0.649. The first-order valence-electron chi connectivity index (χ1n) is 17.2. The van der Waals surface area contributed by atoms with Crippen molar-refractivity contribution in [3.05, 3.63) is 53.2 Å². The number of pyridine rings is 1. The number of aliphatic hydroxyl groups is 1. The Morgan fingerprint density at radius 2 is 1.84 bits per heavy atom. The third-order valence-corrected chi connectivity index (χ3v) is 10.4. The van der Waals surface area contributed by atoms with Crippen molar-refractivity contribution in [1.82, 2.24) is 9.99 Å². The number of hydrogen-bond donors (Lipinski definition) is 1. The predicted molar refractivity (Wildman–Crippen MR) is 180 cm³/mol. The highest BCUT2D eigenvalue weighted by Crippen LogP contribution is 2.39. The molecule has 5 rings (SSSR count). The van der Waals surface area contributed by atoms with E-state index in [1.165, 1.54) is 11.1 Å². The Morgan fingerprint density at radius 1 is 1.09 bits per heavy atom. The van der Waals surface area contributed by atoms with Crippen molar-refractivity contribution in [3.63, 3.8) is 0 Å². The van der Waals surface area contributed by atoms with E-state index in [1.54, 1.807) is 7.11 Å². The predicted octanol–water partition coefficient (Wildman–Crippen LogP) is 6.63. The standard InChI is InChI=1S/C37H54N4O4/c1-26(2)41-25-37(4,24-39-41)32-17-18-38-35(22-32)40(36(43)30-11-14-33(15-12-30)45-20-6-19-42)23-28-7-9-29(10-8-28)31-13-16-34(44-5)27(3)21-31/h13,16-18,21-22,24,26,28-30,33,42H,6-12,14-15,19-20,23,25H2,1-5H3. The highest BCUT2D eigenvalue weighted by atomic mass is 16.5. The van der Waals surface area contributed by atoms with Crippen molar-refractivity contribution in [2.24, 2.45) is 16.9 Å². The Morgan fingerprint density at radius 3 is 2.49 bits per heavy atom. The van der Waals surface area contributed by atoms with E-state index in [2.05, 4.69) is 69.3 Å². The molecule has 0 saturated heterocycles. The van der Waals surface area contributed by atoms with E-state index in [1.807, 2.05) is 11.1 Å². The normalized spacial score (nSPS) is 26.8. The van der Waals surface area contributed by atoms with Crippen LogP contribution in [0.5, 0.6) is 5.75 Å². The second kappa shape index (κ2) is 15.1. The highest BCUT2D eigenvalue weighted by molar-refractivity contribution is 5.94. The molecule has 246 valence electrons. The van der Waals surface area contributed by atoms with Crippen molar-refractivity contribution < 1.29 is 19.4 Å². The minimum Gasteiger partial charge on any atom is -0.496 e. The lowest BCUT2D eigenvalue weighted by Crippen LogP contribution is -2.42. The lowest BCUT2D eigenvalue weighted by Gasteiger charge is -2.36. The van der Waals surface area contributed by atoms with Gasteiger partial charge >= 0.3 is 0 Å². The van der Waals surface area contributed by atoms with Crippen LogP contribution >= 0.6 is 0 Å². The van der Waals surface area contributed by atoms with E-state index in [0.29, 0.717) is 37.5 Å². The molecule has 1 amide bonds. The second-order valence-electron chi connectivity index (χ2n) is 14.1. The van der Waals surface area contributed by atoms with Gasteiger partial charge in [0.2, 0.25) is 5.91 Å². The summed E-state index contributed by atoms with van der Waals surface area (Å²) in [6, 6.07) is 11.2. The Kier molecular flexibility index (Phi) is 11.2. The van der Waals surface area contributed by atoms with Crippen molar-refractivity contribution >= 4 is 17.9 Å². The summed E-state index contributed by atoms with van der Waals surface area (Å²) in [6.45, 7) is 10.9. The van der Waals surface area contributed by atoms with Crippen LogP contribution < -0.4 is 9.64 Å². The van der Waals surface area contributed by atoms with Gasteiger partial charge in [0, 0.05) is 49.5 Å². The zero-order valence-corrected chi connectivity index (χ0v) is 28.1. The number of carbonyl (C=O) groups excluding carboxylic acids is 1. The molecule has 1 aromatic carbocycles. The molecule has 0 spiro atoms. The van der Waals surface area contributed by atoms with Crippen LogP contribution in [0.15, 0.2) is 41.6 Å². The van der Waals surface area contributed by atoms with Gasteiger partial charge in [-0.1, -0.05) is 12.1 Å². The molecule has 8 heteroatoms. The number of hydrogen-bond acceptors (Lipinski definition) is 7. The number of hydrazone groups is 1. The number of ether oxygens (including phenoxy) is 2. The average molecular weight is 619 g/mol. The number of amides is 1.